The van der Waals surface area contributed by atoms with Gasteiger partial charge < -0.3 is 0 Å². The summed E-state index contributed by atoms with van der Waals surface area (Å²) in [4.78, 5) is 9.25. The number of nitrogens with zero attached hydrogens (tertiary/aromatic N) is 2. The van der Waals surface area contributed by atoms with Crippen molar-refractivity contribution in [3.8, 4) is 0 Å². The minimum Gasteiger partial charge on any atom is -0.187 e. The highest BCUT2D eigenvalue weighted by atomic mass is 14.8. The largest absolute Gasteiger partial charge is 0.187 e. The minimum absolute atomic E-state index is 1.02. The van der Waals surface area contributed by atoms with Crippen LogP contribution < -0.4 is 0 Å². The number of aliphatic imine (C=N–C) groups is 2. The van der Waals surface area contributed by atoms with Crippen LogP contribution in [0.5, 0.6) is 0 Å². The third-order valence-electron chi connectivity index (χ3n) is 4.88. The van der Waals surface area contributed by atoms with Crippen molar-refractivity contribution in [2.45, 2.75) is 79.1 Å². The van der Waals surface area contributed by atoms with Crippen LogP contribution in [0.1, 0.15) is 75.6 Å². The molecule has 2 aromatic rings. The Morgan fingerprint density at radius 1 is 0.593 bits per heavy atom. The maximum absolute atomic E-state index is 4.62. The smallest absolute Gasteiger partial charge is 0.100 e. The summed E-state index contributed by atoms with van der Waals surface area (Å²) in [5, 5.41) is 0. The Kier molecular flexibility index (Phi) is 9.01. The molecule has 0 aliphatic carbocycles. The molecule has 2 aromatic carbocycles. The van der Waals surface area contributed by atoms with Gasteiger partial charge in [0, 0.05) is 0 Å². The van der Waals surface area contributed by atoms with E-state index in [2.05, 4.69) is 80.1 Å². The minimum atomic E-state index is 1.02. The van der Waals surface area contributed by atoms with Crippen molar-refractivity contribution in [3.63, 3.8) is 0 Å². The van der Waals surface area contributed by atoms with Gasteiger partial charge in [0.2, 0.25) is 0 Å². The van der Waals surface area contributed by atoms with Crippen LogP contribution in [-0.4, -0.2) is 6.01 Å². The van der Waals surface area contributed by atoms with Crippen molar-refractivity contribution < 1.29 is 0 Å². The van der Waals surface area contributed by atoms with Crippen molar-refractivity contribution in [1.82, 2.24) is 0 Å². The van der Waals surface area contributed by atoms with Crippen molar-refractivity contribution in [3.05, 3.63) is 58.7 Å². The fourth-order valence-corrected chi connectivity index (χ4v) is 3.67. The molecule has 0 heterocycles. The predicted octanol–water partition coefficient (Wildman–Crippen LogP) is 7.63. The molecule has 0 saturated carbocycles. The Labute approximate surface area is 165 Å². The van der Waals surface area contributed by atoms with E-state index < -0.39 is 0 Å². The number of hydrogen-bond acceptors (Lipinski definition) is 2. The first kappa shape index (κ1) is 21.1. The van der Waals surface area contributed by atoms with Gasteiger partial charge in [-0.1, -0.05) is 77.6 Å². The summed E-state index contributed by atoms with van der Waals surface area (Å²) in [6.07, 6.45) is 8.89. The van der Waals surface area contributed by atoms with E-state index >= 15 is 0 Å². The summed E-state index contributed by atoms with van der Waals surface area (Å²) in [6.45, 7) is 8.90. The molecular weight excluding hydrogens is 328 g/mol. The molecule has 0 amide bonds. The molecule has 2 heteroatoms. The van der Waals surface area contributed by atoms with Crippen LogP contribution in [0.25, 0.3) is 0 Å². The van der Waals surface area contributed by atoms with Gasteiger partial charge >= 0.3 is 0 Å². The summed E-state index contributed by atoms with van der Waals surface area (Å²) in [5.41, 5.74) is 7.59. The second kappa shape index (κ2) is 11.5. The molecule has 0 aliphatic rings. The summed E-state index contributed by atoms with van der Waals surface area (Å²) < 4.78 is 0. The fourth-order valence-electron chi connectivity index (χ4n) is 3.67. The first-order valence-corrected chi connectivity index (χ1v) is 10.6. The van der Waals surface area contributed by atoms with Crippen LogP contribution in [0.2, 0.25) is 0 Å². The van der Waals surface area contributed by atoms with Crippen LogP contribution in [0.15, 0.2) is 46.4 Å². The van der Waals surface area contributed by atoms with Crippen molar-refractivity contribution in [2.75, 3.05) is 0 Å². The van der Waals surface area contributed by atoms with Gasteiger partial charge in [0.25, 0.3) is 0 Å². The zero-order chi connectivity index (χ0) is 19.5. The summed E-state index contributed by atoms with van der Waals surface area (Å²) in [7, 11) is 0. The summed E-state index contributed by atoms with van der Waals surface area (Å²) >= 11 is 0. The van der Waals surface area contributed by atoms with Crippen molar-refractivity contribution in [2.24, 2.45) is 9.98 Å². The van der Waals surface area contributed by atoms with Gasteiger partial charge in [-0.2, -0.15) is 9.98 Å². The normalized spacial score (nSPS) is 10.5. The molecule has 0 bridgehead atoms. The Hall–Kier alpha value is -2.18. The van der Waals surface area contributed by atoms with Gasteiger partial charge in [-0.25, -0.2) is 0 Å². The van der Waals surface area contributed by atoms with Gasteiger partial charge in [-0.05, 0) is 60.1 Å². The lowest BCUT2D eigenvalue weighted by atomic mass is 9.98. The predicted molar refractivity (Wildman–Crippen MR) is 118 cm³/mol. The van der Waals surface area contributed by atoms with E-state index in [1.54, 1.807) is 0 Å². The average Bonchev–Trinajstić information content (AvgIpc) is 2.67. The molecule has 0 N–H and O–H groups in total. The molecule has 2 rings (SSSR count). The zero-order valence-electron chi connectivity index (χ0n) is 17.5. The molecule has 0 spiro atoms. The molecule has 0 fully saturated rings. The first-order chi connectivity index (χ1) is 13.2. The van der Waals surface area contributed by atoms with Crippen molar-refractivity contribution in [1.29, 1.82) is 0 Å². The third-order valence-corrected chi connectivity index (χ3v) is 4.88. The number of aryl methyl sites for hydroxylation is 2. The highest BCUT2D eigenvalue weighted by Gasteiger charge is 2.07. The van der Waals surface area contributed by atoms with Gasteiger partial charge in [-0.15, -0.1) is 0 Å². The maximum Gasteiger partial charge on any atom is 0.100 e. The van der Waals surface area contributed by atoms with E-state index in [1.165, 1.54) is 22.3 Å². The monoisotopic (exact) mass is 362 g/mol. The first-order valence-electron chi connectivity index (χ1n) is 10.6. The summed E-state index contributed by atoms with van der Waals surface area (Å²) in [5.74, 6) is 0. The Morgan fingerprint density at radius 3 is 1.37 bits per heavy atom. The molecule has 0 aromatic heterocycles. The summed E-state index contributed by atoms with van der Waals surface area (Å²) in [6, 6.07) is 15.9. The Bertz CT molecular complexity index is 719. The maximum atomic E-state index is 4.62. The van der Waals surface area contributed by atoms with E-state index in [0.717, 1.165) is 62.7 Å². The molecule has 0 unspecified atom stereocenters. The van der Waals surface area contributed by atoms with E-state index in [-0.39, 0.29) is 0 Å². The van der Waals surface area contributed by atoms with Gasteiger partial charge in [0.05, 0.1) is 11.4 Å². The lowest BCUT2D eigenvalue weighted by Crippen LogP contribution is -1.94. The van der Waals surface area contributed by atoms with E-state index in [1.807, 2.05) is 0 Å². The average molecular weight is 363 g/mol. The van der Waals surface area contributed by atoms with Crippen molar-refractivity contribution >= 4 is 17.4 Å². The molecule has 0 aliphatic heterocycles. The fraction of sp³-hybridized carbons (Fsp3) is 0.480. The van der Waals surface area contributed by atoms with E-state index in [4.69, 9.17) is 0 Å². The third kappa shape index (κ3) is 5.91. The quantitative estimate of drug-likeness (QED) is 0.388. The second-order valence-corrected chi connectivity index (χ2v) is 7.15. The van der Waals surface area contributed by atoms with Gasteiger partial charge in [-0.3, -0.25) is 0 Å². The molecule has 0 radical (unpaired) electrons. The molecule has 27 heavy (non-hydrogen) atoms. The molecule has 0 atom stereocenters. The second-order valence-electron chi connectivity index (χ2n) is 7.15. The topological polar surface area (TPSA) is 24.7 Å². The van der Waals surface area contributed by atoms with Crippen LogP contribution >= 0.6 is 0 Å². The number of benzene rings is 2. The van der Waals surface area contributed by atoms with Gasteiger partial charge in [0.1, 0.15) is 6.01 Å². The zero-order valence-corrected chi connectivity index (χ0v) is 17.5. The van der Waals surface area contributed by atoms with Crippen LogP contribution in [-0.2, 0) is 25.7 Å². The highest BCUT2D eigenvalue weighted by Crippen LogP contribution is 2.27. The molecule has 2 nitrogen and oxygen atoms in total. The molecule has 144 valence electrons. The standard InChI is InChI=1S/C25H34N2/c1-5-11-20-15-9-17-24(22(20)13-7-3)26-19-27-25-18-10-16-21(12-6-2)23(25)14-8-4/h9-10,15-18H,5-8,11-14H2,1-4H3. The van der Waals surface area contributed by atoms with Crippen LogP contribution in [0, 0.1) is 0 Å². The van der Waals surface area contributed by atoms with Crippen LogP contribution in [0.3, 0.4) is 0 Å². The van der Waals surface area contributed by atoms with Gasteiger partial charge in [0.15, 0.2) is 0 Å². The lowest BCUT2D eigenvalue weighted by molar-refractivity contribution is 0.861. The number of rotatable bonds is 10. The Balaban J connectivity index is 2.39. The number of hydrogen-bond donors (Lipinski definition) is 0. The lowest BCUT2D eigenvalue weighted by Gasteiger charge is -2.10. The van der Waals surface area contributed by atoms with E-state index in [9.17, 15) is 0 Å². The molecular formula is C25H34N2. The van der Waals surface area contributed by atoms with E-state index in [0.29, 0.717) is 0 Å². The molecule has 0 saturated heterocycles. The Morgan fingerprint density at radius 2 is 1.00 bits per heavy atom. The SMILES string of the molecule is CCCc1cccc(N=C=Nc2cccc(CCC)c2CCC)c1CCC. The highest BCUT2D eigenvalue weighted by molar-refractivity contribution is 5.63. The van der Waals surface area contributed by atoms with Crippen LogP contribution in [0.4, 0.5) is 11.4 Å².